The Labute approximate surface area is 101 Å². The van der Waals surface area contributed by atoms with Gasteiger partial charge in [-0.2, -0.15) is 0 Å². The lowest BCUT2D eigenvalue weighted by Gasteiger charge is -2.15. The predicted octanol–water partition coefficient (Wildman–Crippen LogP) is 1.36. The van der Waals surface area contributed by atoms with Crippen LogP contribution in [0.5, 0.6) is 5.75 Å². The molecule has 1 amide bonds. The van der Waals surface area contributed by atoms with Crippen LogP contribution in [0, 0.1) is 0 Å². The molecule has 4 nitrogen and oxygen atoms in total. The summed E-state index contributed by atoms with van der Waals surface area (Å²) < 4.78 is 5.23. The lowest BCUT2D eigenvalue weighted by Crippen LogP contribution is -2.29. The summed E-state index contributed by atoms with van der Waals surface area (Å²) in [6, 6.07) is 7.61. The van der Waals surface area contributed by atoms with E-state index in [1.165, 1.54) is 0 Å². The summed E-state index contributed by atoms with van der Waals surface area (Å²) in [5, 5.41) is 2.93. The molecule has 0 radical (unpaired) electrons. The fourth-order valence-corrected chi connectivity index (χ4v) is 1.80. The Balaban J connectivity index is 1.97. The molecule has 92 valence electrons. The van der Waals surface area contributed by atoms with Crippen molar-refractivity contribution in [3.05, 3.63) is 29.8 Å². The van der Waals surface area contributed by atoms with Gasteiger partial charge in [0, 0.05) is 24.1 Å². The molecule has 0 saturated heterocycles. The largest absolute Gasteiger partial charge is 0.496 e. The Morgan fingerprint density at radius 3 is 2.88 bits per heavy atom. The number of amides is 1. The van der Waals surface area contributed by atoms with Crippen LogP contribution in [0.4, 0.5) is 0 Å². The summed E-state index contributed by atoms with van der Waals surface area (Å²) in [6.45, 7) is 0. The van der Waals surface area contributed by atoms with Crippen LogP contribution in [-0.4, -0.2) is 19.1 Å². The van der Waals surface area contributed by atoms with Gasteiger partial charge in [0.15, 0.2) is 0 Å². The molecule has 1 atom stereocenters. The molecule has 3 N–H and O–H groups in total. The van der Waals surface area contributed by atoms with Crippen molar-refractivity contribution in [2.24, 2.45) is 5.73 Å². The molecular weight excluding hydrogens is 216 g/mol. The van der Waals surface area contributed by atoms with E-state index in [2.05, 4.69) is 5.32 Å². The molecule has 0 spiro atoms. The quantitative estimate of drug-likeness (QED) is 0.808. The van der Waals surface area contributed by atoms with E-state index in [9.17, 15) is 4.79 Å². The van der Waals surface area contributed by atoms with Crippen LogP contribution in [-0.2, 0) is 4.79 Å². The van der Waals surface area contributed by atoms with Gasteiger partial charge in [0.1, 0.15) is 5.75 Å². The summed E-state index contributed by atoms with van der Waals surface area (Å²) in [4.78, 5) is 11.6. The Morgan fingerprint density at radius 1 is 1.53 bits per heavy atom. The highest BCUT2D eigenvalue weighted by Gasteiger charge is 2.24. The Hall–Kier alpha value is -1.55. The van der Waals surface area contributed by atoms with Crippen molar-refractivity contribution in [3.8, 4) is 5.75 Å². The molecule has 1 aromatic carbocycles. The second-order valence-electron chi connectivity index (χ2n) is 4.39. The average Bonchev–Trinajstić information content (AvgIpc) is 3.12. The van der Waals surface area contributed by atoms with E-state index in [1.54, 1.807) is 7.11 Å². The number of carbonyl (C=O) groups excluding carboxylic acids is 1. The number of nitrogens with one attached hydrogen (secondary N) is 1. The van der Waals surface area contributed by atoms with Crippen molar-refractivity contribution in [2.75, 3.05) is 7.11 Å². The second kappa shape index (κ2) is 5.19. The highest BCUT2D eigenvalue weighted by molar-refractivity contribution is 5.77. The molecule has 1 aromatic rings. The first-order valence-corrected chi connectivity index (χ1v) is 5.88. The third kappa shape index (κ3) is 3.20. The molecule has 1 aliphatic carbocycles. The molecule has 1 fully saturated rings. The van der Waals surface area contributed by atoms with Crippen molar-refractivity contribution >= 4 is 5.91 Å². The fourth-order valence-electron chi connectivity index (χ4n) is 1.80. The summed E-state index contributed by atoms with van der Waals surface area (Å²) >= 11 is 0. The first-order valence-electron chi connectivity index (χ1n) is 5.88. The van der Waals surface area contributed by atoms with Gasteiger partial charge in [0.25, 0.3) is 0 Å². The van der Waals surface area contributed by atoms with Gasteiger partial charge in [0.05, 0.1) is 7.11 Å². The van der Waals surface area contributed by atoms with Gasteiger partial charge in [-0.15, -0.1) is 0 Å². The maximum atomic E-state index is 11.6. The minimum Gasteiger partial charge on any atom is -0.496 e. The lowest BCUT2D eigenvalue weighted by molar-refractivity contribution is -0.121. The number of hydrogen-bond acceptors (Lipinski definition) is 3. The molecule has 1 aliphatic rings. The Bertz CT molecular complexity index is 402. The van der Waals surface area contributed by atoms with Gasteiger partial charge < -0.3 is 15.8 Å². The van der Waals surface area contributed by atoms with E-state index in [1.807, 2.05) is 24.3 Å². The first kappa shape index (κ1) is 11.9. The number of carbonyl (C=O) groups is 1. The maximum absolute atomic E-state index is 11.6. The van der Waals surface area contributed by atoms with Crippen LogP contribution in [0.3, 0.4) is 0 Å². The SMILES string of the molecule is COc1ccccc1C(N)CC(=O)NC1CC1. The normalized spacial score (nSPS) is 16.4. The zero-order valence-corrected chi connectivity index (χ0v) is 9.98. The smallest absolute Gasteiger partial charge is 0.222 e. The van der Waals surface area contributed by atoms with Gasteiger partial charge in [-0.3, -0.25) is 4.79 Å². The molecule has 1 saturated carbocycles. The molecule has 2 rings (SSSR count). The Kier molecular flexibility index (Phi) is 3.64. The van der Waals surface area contributed by atoms with Gasteiger partial charge >= 0.3 is 0 Å². The predicted molar refractivity (Wildman–Crippen MR) is 65.7 cm³/mol. The van der Waals surface area contributed by atoms with E-state index in [-0.39, 0.29) is 11.9 Å². The molecule has 0 bridgehead atoms. The summed E-state index contributed by atoms with van der Waals surface area (Å²) in [5.74, 6) is 0.755. The van der Waals surface area contributed by atoms with E-state index in [4.69, 9.17) is 10.5 Å². The molecule has 0 aliphatic heterocycles. The van der Waals surface area contributed by atoms with Gasteiger partial charge in [0.2, 0.25) is 5.91 Å². The Morgan fingerprint density at radius 2 is 2.24 bits per heavy atom. The molecule has 4 heteroatoms. The van der Waals surface area contributed by atoms with E-state index in [0.29, 0.717) is 12.5 Å². The number of para-hydroxylation sites is 1. The molecule has 1 unspecified atom stereocenters. The van der Waals surface area contributed by atoms with Crippen LogP contribution in [0.1, 0.15) is 30.9 Å². The number of benzene rings is 1. The minimum atomic E-state index is -0.315. The highest BCUT2D eigenvalue weighted by Crippen LogP contribution is 2.25. The number of ether oxygens (including phenoxy) is 1. The van der Waals surface area contributed by atoms with Crippen molar-refractivity contribution in [1.82, 2.24) is 5.32 Å². The molecule has 0 heterocycles. The monoisotopic (exact) mass is 234 g/mol. The highest BCUT2D eigenvalue weighted by atomic mass is 16.5. The van der Waals surface area contributed by atoms with Gasteiger partial charge in [-0.05, 0) is 18.9 Å². The third-order valence-corrected chi connectivity index (χ3v) is 2.89. The van der Waals surface area contributed by atoms with Crippen LogP contribution in [0.15, 0.2) is 24.3 Å². The van der Waals surface area contributed by atoms with Crippen LogP contribution >= 0.6 is 0 Å². The number of hydrogen-bond donors (Lipinski definition) is 2. The zero-order chi connectivity index (χ0) is 12.3. The van der Waals surface area contributed by atoms with Crippen LogP contribution in [0.2, 0.25) is 0 Å². The van der Waals surface area contributed by atoms with Crippen molar-refractivity contribution in [3.63, 3.8) is 0 Å². The fraction of sp³-hybridized carbons (Fsp3) is 0.462. The van der Waals surface area contributed by atoms with Gasteiger partial charge in [-0.1, -0.05) is 18.2 Å². The first-order chi connectivity index (χ1) is 8.20. The standard InChI is InChI=1S/C13H18N2O2/c1-17-12-5-3-2-4-10(12)11(14)8-13(16)15-9-6-7-9/h2-5,9,11H,6-8,14H2,1H3,(H,15,16). The minimum absolute atomic E-state index is 0.0194. The van der Waals surface area contributed by atoms with Crippen molar-refractivity contribution < 1.29 is 9.53 Å². The lowest BCUT2D eigenvalue weighted by atomic mass is 10.0. The third-order valence-electron chi connectivity index (χ3n) is 2.89. The summed E-state index contributed by atoms with van der Waals surface area (Å²) in [5.41, 5.74) is 6.90. The maximum Gasteiger partial charge on any atom is 0.222 e. The van der Waals surface area contributed by atoms with E-state index < -0.39 is 0 Å². The number of methoxy groups -OCH3 is 1. The average molecular weight is 234 g/mol. The van der Waals surface area contributed by atoms with Crippen LogP contribution < -0.4 is 15.8 Å². The number of nitrogens with two attached hydrogens (primary N) is 1. The zero-order valence-electron chi connectivity index (χ0n) is 9.98. The van der Waals surface area contributed by atoms with Crippen molar-refractivity contribution in [1.29, 1.82) is 0 Å². The number of rotatable bonds is 5. The summed E-state index contributed by atoms with van der Waals surface area (Å²) in [6.07, 6.45) is 2.49. The van der Waals surface area contributed by atoms with E-state index >= 15 is 0 Å². The van der Waals surface area contributed by atoms with E-state index in [0.717, 1.165) is 24.2 Å². The molecule has 17 heavy (non-hydrogen) atoms. The molecule has 0 aromatic heterocycles. The van der Waals surface area contributed by atoms with Crippen LogP contribution in [0.25, 0.3) is 0 Å². The topological polar surface area (TPSA) is 64.3 Å². The van der Waals surface area contributed by atoms with Crippen molar-refractivity contribution in [2.45, 2.75) is 31.3 Å². The molecular formula is C13H18N2O2. The summed E-state index contributed by atoms with van der Waals surface area (Å²) in [7, 11) is 1.61. The van der Waals surface area contributed by atoms with Gasteiger partial charge in [-0.25, -0.2) is 0 Å². The second-order valence-corrected chi connectivity index (χ2v) is 4.39.